The normalized spacial score (nSPS) is 23.4. The summed E-state index contributed by atoms with van der Waals surface area (Å²) in [6.45, 7) is 5.38. The summed E-state index contributed by atoms with van der Waals surface area (Å²) < 4.78 is 0. The topological polar surface area (TPSA) is 12.0 Å². The highest BCUT2D eigenvalue weighted by Crippen LogP contribution is 2.36. The molecule has 2 rings (SSSR count). The van der Waals surface area contributed by atoms with Gasteiger partial charge in [0.1, 0.15) is 0 Å². The number of dihydropyridines is 1. The Morgan fingerprint density at radius 3 is 2.92 bits per heavy atom. The van der Waals surface area contributed by atoms with Crippen LogP contribution in [0.25, 0.3) is 0 Å². The fraction of sp³-hybridized carbons (Fsp3) is 0.500. The van der Waals surface area contributed by atoms with Crippen molar-refractivity contribution in [1.29, 1.82) is 0 Å². The lowest BCUT2D eigenvalue weighted by Gasteiger charge is -2.12. The Morgan fingerprint density at radius 1 is 1.54 bits per heavy atom. The molecule has 0 atom stereocenters. The SMILES string of the molecule is CC1=CCNC(/C=C(/C)C2CC2)=C1. The molecule has 1 heterocycles. The Morgan fingerprint density at radius 2 is 2.31 bits per heavy atom. The maximum absolute atomic E-state index is 3.37. The summed E-state index contributed by atoms with van der Waals surface area (Å²) in [5.74, 6) is 0.883. The van der Waals surface area contributed by atoms with Gasteiger partial charge in [0.15, 0.2) is 0 Å². The number of hydrogen-bond acceptors (Lipinski definition) is 1. The van der Waals surface area contributed by atoms with Crippen molar-refractivity contribution in [1.82, 2.24) is 5.32 Å². The highest BCUT2D eigenvalue weighted by molar-refractivity contribution is 5.34. The summed E-state index contributed by atoms with van der Waals surface area (Å²) >= 11 is 0. The molecule has 1 aliphatic carbocycles. The maximum atomic E-state index is 3.37. The Bertz CT molecular complexity index is 290. The van der Waals surface area contributed by atoms with Crippen LogP contribution in [0.15, 0.2) is 35.1 Å². The third-order valence-electron chi connectivity index (χ3n) is 2.72. The predicted molar refractivity (Wildman–Crippen MR) is 56.3 cm³/mol. The minimum absolute atomic E-state index is 0.883. The summed E-state index contributed by atoms with van der Waals surface area (Å²) in [5.41, 5.74) is 4.19. The predicted octanol–water partition coefficient (Wildman–Crippen LogP) is 2.78. The van der Waals surface area contributed by atoms with Crippen molar-refractivity contribution in [3.05, 3.63) is 35.1 Å². The smallest absolute Gasteiger partial charge is 0.0344 e. The number of allylic oxidation sites excluding steroid dienone is 4. The van der Waals surface area contributed by atoms with E-state index in [1.807, 2.05) is 0 Å². The molecule has 0 unspecified atom stereocenters. The molecule has 0 amide bonds. The van der Waals surface area contributed by atoms with E-state index in [2.05, 4.69) is 37.4 Å². The fourth-order valence-electron chi connectivity index (χ4n) is 1.68. The fourth-order valence-corrected chi connectivity index (χ4v) is 1.68. The van der Waals surface area contributed by atoms with Crippen LogP contribution in [0.1, 0.15) is 26.7 Å². The van der Waals surface area contributed by atoms with Crippen molar-refractivity contribution < 1.29 is 0 Å². The van der Waals surface area contributed by atoms with Crippen molar-refractivity contribution in [3.63, 3.8) is 0 Å². The molecule has 0 radical (unpaired) electrons. The van der Waals surface area contributed by atoms with Gasteiger partial charge in [0.2, 0.25) is 0 Å². The molecule has 0 aromatic carbocycles. The van der Waals surface area contributed by atoms with Crippen LogP contribution in [0.2, 0.25) is 0 Å². The number of rotatable bonds is 2. The van der Waals surface area contributed by atoms with E-state index in [1.54, 1.807) is 0 Å². The van der Waals surface area contributed by atoms with E-state index >= 15 is 0 Å². The summed E-state index contributed by atoms with van der Waals surface area (Å²) in [6.07, 6.45) is 9.52. The molecule has 0 aromatic rings. The molecule has 1 heteroatoms. The van der Waals surface area contributed by atoms with Crippen LogP contribution < -0.4 is 5.32 Å². The van der Waals surface area contributed by atoms with E-state index in [9.17, 15) is 0 Å². The lowest BCUT2D eigenvalue weighted by Crippen LogP contribution is -2.15. The van der Waals surface area contributed by atoms with Crippen LogP contribution in [0.3, 0.4) is 0 Å². The first-order chi connectivity index (χ1) is 6.25. The molecule has 0 spiro atoms. The molecule has 1 N–H and O–H groups in total. The zero-order valence-corrected chi connectivity index (χ0v) is 8.43. The van der Waals surface area contributed by atoms with Gasteiger partial charge in [-0.05, 0) is 44.8 Å². The zero-order valence-electron chi connectivity index (χ0n) is 8.43. The second kappa shape index (κ2) is 3.41. The molecule has 70 valence electrons. The highest BCUT2D eigenvalue weighted by Gasteiger charge is 2.22. The number of hydrogen-bond donors (Lipinski definition) is 1. The summed E-state index contributed by atoms with van der Waals surface area (Å²) in [7, 11) is 0. The molecule has 1 aliphatic heterocycles. The van der Waals surface area contributed by atoms with Crippen LogP contribution in [0.4, 0.5) is 0 Å². The summed E-state index contributed by atoms with van der Waals surface area (Å²) in [4.78, 5) is 0. The van der Waals surface area contributed by atoms with E-state index < -0.39 is 0 Å². The van der Waals surface area contributed by atoms with Crippen LogP contribution in [0, 0.1) is 5.92 Å². The van der Waals surface area contributed by atoms with Gasteiger partial charge in [-0.3, -0.25) is 0 Å². The molecular weight excluding hydrogens is 158 g/mol. The van der Waals surface area contributed by atoms with Crippen molar-refractivity contribution in [3.8, 4) is 0 Å². The minimum atomic E-state index is 0.883. The monoisotopic (exact) mass is 175 g/mol. The van der Waals surface area contributed by atoms with E-state index in [4.69, 9.17) is 0 Å². The van der Waals surface area contributed by atoms with Crippen LogP contribution in [-0.2, 0) is 0 Å². The average molecular weight is 175 g/mol. The van der Waals surface area contributed by atoms with Crippen LogP contribution in [-0.4, -0.2) is 6.54 Å². The first kappa shape index (κ1) is 8.61. The van der Waals surface area contributed by atoms with Crippen molar-refractivity contribution in [2.75, 3.05) is 6.54 Å². The molecule has 1 fully saturated rings. The van der Waals surface area contributed by atoms with Crippen LogP contribution in [0.5, 0.6) is 0 Å². The zero-order chi connectivity index (χ0) is 9.26. The first-order valence-corrected chi connectivity index (χ1v) is 5.06. The Balaban J connectivity index is 2.08. The number of nitrogens with one attached hydrogen (secondary N) is 1. The first-order valence-electron chi connectivity index (χ1n) is 5.06. The second-order valence-corrected chi connectivity index (χ2v) is 4.09. The van der Waals surface area contributed by atoms with Gasteiger partial charge < -0.3 is 5.32 Å². The van der Waals surface area contributed by atoms with Crippen LogP contribution >= 0.6 is 0 Å². The summed E-state index contributed by atoms with van der Waals surface area (Å²) in [6, 6.07) is 0. The van der Waals surface area contributed by atoms with E-state index in [0.29, 0.717) is 0 Å². The molecule has 1 nitrogen and oxygen atoms in total. The van der Waals surface area contributed by atoms with Gasteiger partial charge in [-0.15, -0.1) is 0 Å². The maximum Gasteiger partial charge on any atom is 0.0344 e. The molecule has 1 saturated carbocycles. The molecule has 0 saturated heterocycles. The lowest BCUT2D eigenvalue weighted by atomic mass is 10.1. The van der Waals surface area contributed by atoms with Gasteiger partial charge in [-0.1, -0.05) is 17.2 Å². The molecule has 13 heavy (non-hydrogen) atoms. The molecular formula is C12H17N. The van der Waals surface area contributed by atoms with Gasteiger partial charge in [0.05, 0.1) is 0 Å². The molecule has 0 bridgehead atoms. The Kier molecular flexibility index (Phi) is 2.26. The minimum Gasteiger partial charge on any atom is -0.382 e. The largest absolute Gasteiger partial charge is 0.382 e. The van der Waals surface area contributed by atoms with Crippen molar-refractivity contribution in [2.45, 2.75) is 26.7 Å². The van der Waals surface area contributed by atoms with E-state index in [-0.39, 0.29) is 0 Å². The van der Waals surface area contributed by atoms with Crippen molar-refractivity contribution in [2.24, 2.45) is 5.92 Å². The lowest BCUT2D eigenvalue weighted by molar-refractivity contribution is 0.894. The average Bonchev–Trinajstić information content (AvgIpc) is 2.85. The van der Waals surface area contributed by atoms with Gasteiger partial charge >= 0.3 is 0 Å². The Labute approximate surface area is 80.2 Å². The standard InChI is InChI=1S/C12H17N/c1-9-5-6-13-12(7-9)8-10(2)11-3-4-11/h5,7-8,11,13H,3-4,6H2,1-2H3/b10-8-. The van der Waals surface area contributed by atoms with Gasteiger partial charge in [-0.2, -0.15) is 0 Å². The second-order valence-electron chi connectivity index (χ2n) is 4.09. The van der Waals surface area contributed by atoms with E-state index in [0.717, 1.165) is 12.5 Å². The van der Waals surface area contributed by atoms with E-state index in [1.165, 1.54) is 29.7 Å². The Hall–Kier alpha value is -0.980. The van der Waals surface area contributed by atoms with Crippen molar-refractivity contribution >= 4 is 0 Å². The third-order valence-corrected chi connectivity index (χ3v) is 2.72. The van der Waals surface area contributed by atoms with Gasteiger partial charge in [0, 0.05) is 12.2 Å². The van der Waals surface area contributed by atoms with Gasteiger partial charge in [0.25, 0.3) is 0 Å². The highest BCUT2D eigenvalue weighted by atomic mass is 14.9. The quantitative estimate of drug-likeness (QED) is 0.680. The molecule has 2 aliphatic rings. The third kappa shape index (κ3) is 2.24. The molecule has 0 aromatic heterocycles. The van der Waals surface area contributed by atoms with Gasteiger partial charge in [-0.25, -0.2) is 0 Å². The summed E-state index contributed by atoms with van der Waals surface area (Å²) in [5, 5.41) is 3.37.